The van der Waals surface area contributed by atoms with E-state index in [1.807, 2.05) is 0 Å². The van der Waals surface area contributed by atoms with Crippen molar-refractivity contribution in [2.45, 2.75) is 78.1 Å². The Bertz CT molecular complexity index is 1140. The molecule has 0 saturated heterocycles. The highest BCUT2D eigenvalue weighted by Crippen LogP contribution is 2.42. The maximum absolute atomic E-state index is 15.4. The molecule has 4 aromatic rings. The molecule has 3 heterocycles. The zero-order valence-electron chi connectivity index (χ0n) is 19.0. The van der Waals surface area contributed by atoms with Gasteiger partial charge in [0.05, 0.1) is 10.3 Å². The van der Waals surface area contributed by atoms with Crippen molar-refractivity contribution >= 4 is 44.4 Å². The minimum Gasteiger partial charge on any atom is -0.206 e. The van der Waals surface area contributed by atoms with Gasteiger partial charge in [0.1, 0.15) is 11.3 Å². The summed E-state index contributed by atoms with van der Waals surface area (Å²) in [5.41, 5.74) is 4.88. The first kappa shape index (κ1) is 23.5. The van der Waals surface area contributed by atoms with Gasteiger partial charge in [0, 0.05) is 15.3 Å². The second-order valence-corrected chi connectivity index (χ2v) is 11.1. The second kappa shape index (κ2) is 11.5. The second-order valence-electron chi connectivity index (χ2n) is 8.49. The molecule has 0 aliphatic carbocycles. The summed E-state index contributed by atoms with van der Waals surface area (Å²) >= 11 is 4.69. The van der Waals surface area contributed by atoms with Crippen LogP contribution in [0.15, 0.2) is 29.0 Å². The van der Waals surface area contributed by atoms with Gasteiger partial charge < -0.3 is 0 Å². The number of thiophene rings is 2. The summed E-state index contributed by atoms with van der Waals surface area (Å²) in [6.45, 7) is 4.47. The fourth-order valence-electron chi connectivity index (χ4n) is 4.12. The number of nitrogens with zero attached hydrogens (tertiary/aromatic N) is 2. The number of unbranched alkanes of at least 4 members (excludes halogenated alkanes) is 6. The van der Waals surface area contributed by atoms with Crippen LogP contribution in [0, 0.1) is 5.82 Å². The van der Waals surface area contributed by atoms with Gasteiger partial charge in [-0.3, -0.25) is 0 Å². The quantitative estimate of drug-likeness (QED) is 0.186. The topological polar surface area (TPSA) is 25.8 Å². The lowest BCUT2D eigenvalue weighted by atomic mass is 10.0. The van der Waals surface area contributed by atoms with Crippen molar-refractivity contribution < 1.29 is 4.39 Å². The van der Waals surface area contributed by atoms with Gasteiger partial charge >= 0.3 is 0 Å². The number of benzene rings is 1. The largest absolute Gasteiger partial charge is 0.206 e. The number of hydrogen-bond acceptors (Lipinski definition) is 5. The summed E-state index contributed by atoms with van der Waals surface area (Å²) in [4.78, 5) is 2.07. The maximum atomic E-state index is 15.4. The number of aromatic nitrogens is 2. The Balaban J connectivity index is 1.57. The number of halogens is 1. The van der Waals surface area contributed by atoms with Crippen molar-refractivity contribution in [2.24, 2.45) is 0 Å². The molecule has 0 amide bonds. The fraction of sp³-hybridized carbons (Fsp3) is 0.462. The molecule has 0 radical (unpaired) electrons. The third-order valence-corrected chi connectivity index (χ3v) is 8.70. The summed E-state index contributed by atoms with van der Waals surface area (Å²) in [6.07, 6.45) is 12.2. The molecule has 4 rings (SSSR count). The van der Waals surface area contributed by atoms with E-state index in [1.54, 1.807) is 28.7 Å². The molecule has 2 nitrogen and oxygen atoms in total. The van der Waals surface area contributed by atoms with E-state index >= 15 is 4.39 Å². The molecule has 0 fully saturated rings. The van der Waals surface area contributed by atoms with E-state index in [1.165, 1.54) is 74.0 Å². The highest BCUT2D eigenvalue weighted by Gasteiger charge is 2.20. The fourth-order valence-corrected chi connectivity index (χ4v) is 6.86. The maximum Gasteiger partial charge on any atom is 0.134 e. The Hall–Kier alpha value is -1.63. The van der Waals surface area contributed by atoms with Gasteiger partial charge in [-0.25, -0.2) is 4.39 Å². The third kappa shape index (κ3) is 5.46. The minimum atomic E-state index is -0.197. The predicted molar refractivity (Wildman–Crippen MR) is 140 cm³/mol. The summed E-state index contributed by atoms with van der Waals surface area (Å²) < 4.78 is 20.6. The van der Waals surface area contributed by atoms with E-state index in [0.717, 1.165) is 32.9 Å². The van der Waals surface area contributed by atoms with Crippen molar-refractivity contribution in [3.05, 3.63) is 45.9 Å². The van der Waals surface area contributed by atoms with E-state index in [-0.39, 0.29) is 5.82 Å². The van der Waals surface area contributed by atoms with Crippen LogP contribution in [-0.4, -0.2) is 9.59 Å². The molecule has 0 bridgehead atoms. The number of hydrogen-bond donors (Lipinski definition) is 0. The highest BCUT2D eigenvalue weighted by atomic mass is 32.1. The number of fused-ring (bicyclic) bond motifs is 1. The molecule has 170 valence electrons. The van der Waals surface area contributed by atoms with E-state index in [9.17, 15) is 0 Å². The van der Waals surface area contributed by atoms with E-state index in [0.29, 0.717) is 11.1 Å². The molecule has 0 spiro atoms. The molecule has 0 atom stereocenters. The molecule has 0 aliphatic rings. The van der Waals surface area contributed by atoms with Crippen molar-refractivity contribution in [3.8, 4) is 20.9 Å². The Morgan fingerprint density at radius 1 is 0.781 bits per heavy atom. The van der Waals surface area contributed by atoms with Crippen LogP contribution in [0.1, 0.15) is 76.3 Å². The Labute approximate surface area is 202 Å². The normalized spacial score (nSPS) is 11.6. The number of aryl methyl sites for hydroxylation is 2. The van der Waals surface area contributed by atoms with Gasteiger partial charge in [-0.15, -0.1) is 27.8 Å². The van der Waals surface area contributed by atoms with Crippen LogP contribution < -0.4 is 0 Å². The van der Waals surface area contributed by atoms with E-state index in [4.69, 9.17) is 0 Å². The lowest BCUT2D eigenvalue weighted by Gasteiger charge is -2.06. The van der Waals surface area contributed by atoms with Gasteiger partial charge in [-0.2, -0.15) is 0 Å². The molecule has 0 N–H and O–H groups in total. The summed E-state index contributed by atoms with van der Waals surface area (Å²) in [7, 11) is 0. The molecule has 0 aliphatic heterocycles. The third-order valence-electron chi connectivity index (χ3n) is 5.94. The van der Waals surface area contributed by atoms with Crippen LogP contribution in [0.25, 0.3) is 31.1 Å². The Morgan fingerprint density at radius 2 is 1.41 bits per heavy atom. The van der Waals surface area contributed by atoms with Crippen molar-refractivity contribution in [3.63, 3.8) is 0 Å². The van der Waals surface area contributed by atoms with Crippen LogP contribution in [0.5, 0.6) is 0 Å². The average molecular weight is 487 g/mol. The van der Waals surface area contributed by atoms with Crippen LogP contribution in [0.4, 0.5) is 4.39 Å². The van der Waals surface area contributed by atoms with Gasteiger partial charge in [0.15, 0.2) is 0 Å². The van der Waals surface area contributed by atoms with Crippen molar-refractivity contribution in [2.75, 3.05) is 0 Å². The van der Waals surface area contributed by atoms with Gasteiger partial charge in [0.25, 0.3) is 0 Å². The van der Waals surface area contributed by atoms with Gasteiger partial charge in [-0.1, -0.05) is 56.9 Å². The zero-order chi connectivity index (χ0) is 22.3. The monoisotopic (exact) mass is 486 g/mol. The van der Waals surface area contributed by atoms with Gasteiger partial charge in [0.2, 0.25) is 0 Å². The average Bonchev–Trinajstić information content (AvgIpc) is 3.55. The van der Waals surface area contributed by atoms with Crippen molar-refractivity contribution in [1.29, 1.82) is 0 Å². The summed E-state index contributed by atoms with van der Waals surface area (Å²) in [6, 6.07) is 6.07. The molecular weight excluding hydrogens is 455 g/mol. The first-order valence-corrected chi connectivity index (χ1v) is 14.3. The molecule has 3 aromatic heterocycles. The first-order chi connectivity index (χ1) is 15.7. The van der Waals surface area contributed by atoms with Crippen molar-refractivity contribution in [1.82, 2.24) is 9.59 Å². The first-order valence-electron chi connectivity index (χ1n) is 11.8. The molecule has 6 heteroatoms. The van der Waals surface area contributed by atoms with Crippen LogP contribution in [0.2, 0.25) is 0 Å². The lowest BCUT2D eigenvalue weighted by Crippen LogP contribution is -1.88. The molecule has 0 unspecified atom stereocenters. The minimum absolute atomic E-state index is 0.197. The van der Waals surface area contributed by atoms with E-state index < -0.39 is 0 Å². The molecule has 32 heavy (non-hydrogen) atoms. The van der Waals surface area contributed by atoms with Gasteiger partial charge in [-0.05, 0) is 77.3 Å². The van der Waals surface area contributed by atoms with Crippen LogP contribution >= 0.6 is 34.2 Å². The molecule has 0 saturated carbocycles. The Kier molecular flexibility index (Phi) is 8.44. The highest BCUT2D eigenvalue weighted by molar-refractivity contribution is 7.16. The SMILES string of the molecule is CCCCCCc1csc(-c2c(F)cc(-c3cc(CCCCCC)cs3)c3snnc23)c1. The van der Waals surface area contributed by atoms with Crippen LogP contribution in [-0.2, 0) is 12.8 Å². The summed E-state index contributed by atoms with van der Waals surface area (Å²) in [5.74, 6) is -0.197. The van der Waals surface area contributed by atoms with Crippen LogP contribution in [0.3, 0.4) is 0 Å². The Morgan fingerprint density at radius 3 is 2.06 bits per heavy atom. The summed E-state index contributed by atoms with van der Waals surface area (Å²) in [5, 5.41) is 8.75. The molecular formula is C26H31FN2S3. The molecule has 1 aromatic carbocycles. The number of rotatable bonds is 12. The van der Waals surface area contributed by atoms with E-state index in [2.05, 4.69) is 46.3 Å². The zero-order valence-corrected chi connectivity index (χ0v) is 21.4. The smallest absolute Gasteiger partial charge is 0.134 e. The standard InChI is InChI=1S/C26H31FN2S3/c1-3-5-7-9-11-18-13-22(30-16-18)20-15-21(27)24(25-26(20)32-29-28-25)23-14-19(17-31-23)12-10-8-6-4-2/h13-17H,3-12H2,1-2H3. The predicted octanol–water partition coefficient (Wildman–Crippen LogP) is 9.53. The lowest BCUT2D eigenvalue weighted by molar-refractivity contribution is 0.633.